The highest BCUT2D eigenvalue weighted by Crippen LogP contribution is 2.26. The highest BCUT2D eigenvalue weighted by molar-refractivity contribution is 5.82. The Balaban J connectivity index is 1.50. The average Bonchev–Trinajstić information content (AvgIpc) is 3.05. The van der Waals surface area contributed by atoms with Gasteiger partial charge in [-0.05, 0) is 17.2 Å². The van der Waals surface area contributed by atoms with E-state index in [1.165, 1.54) is 5.56 Å². The van der Waals surface area contributed by atoms with Gasteiger partial charge >= 0.3 is 0 Å². The van der Waals surface area contributed by atoms with E-state index in [2.05, 4.69) is 29.2 Å². The average molecular weight is 372 g/mol. The molecule has 6 nitrogen and oxygen atoms in total. The Morgan fingerprint density at radius 1 is 0.964 bits per heavy atom. The van der Waals surface area contributed by atoms with Crippen LogP contribution >= 0.6 is 0 Å². The van der Waals surface area contributed by atoms with E-state index in [4.69, 9.17) is 0 Å². The minimum absolute atomic E-state index is 0.356. The Bertz CT molecular complexity index is 1120. The molecule has 0 aliphatic rings. The second kappa shape index (κ2) is 7.54. The molecular formula is C22H20N4O2. The monoisotopic (exact) mass is 372 g/mol. The van der Waals surface area contributed by atoms with E-state index in [-0.39, 0.29) is 0 Å². The van der Waals surface area contributed by atoms with Crippen LogP contribution in [0.1, 0.15) is 11.1 Å². The van der Waals surface area contributed by atoms with E-state index >= 15 is 0 Å². The third-order valence-corrected chi connectivity index (χ3v) is 4.62. The molecule has 0 aliphatic carbocycles. The van der Waals surface area contributed by atoms with Gasteiger partial charge in [0.2, 0.25) is 5.69 Å². The number of nitrogens with one attached hydrogen (secondary N) is 1. The Morgan fingerprint density at radius 3 is 2.32 bits per heavy atom. The minimum atomic E-state index is 0.356. The van der Waals surface area contributed by atoms with E-state index in [0.717, 1.165) is 28.9 Å². The molecule has 2 N–H and O–H groups in total. The maximum Gasteiger partial charge on any atom is 0.218 e. The van der Waals surface area contributed by atoms with Crippen LogP contribution in [0.3, 0.4) is 0 Å². The predicted octanol–water partition coefficient (Wildman–Crippen LogP) is 4.07. The summed E-state index contributed by atoms with van der Waals surface area (Å²) in [6, 6.07) is 23.0. The molecule has 0 saturated carbocycles. The second-order valence-corrected chi connectivity index (χ2v) is 6.58. The lowest BCUT2D eigenvalue weighted by atomic mass is 10.1. The van der Waals surface area contributed by atoms with Crippen molar-refractivity contribution in [2.24, 2.45) is 0 Å². The zero-order chi connectivity index (χ0) is 19.5. The van der Waals surface area contributed by atoms with Gasteiger partial charge in [0.25, 0.3) is 0 Å². The molecule has 0 bridgehead atoms. The molecule has 28 heavy (non-hydrogen) atoms. The first kappa shape index (κ1) is 17.8. The first-order valence-corrected chi connectivity index (χ1v) is 8.95. The van der Waals surface area contributed by atoms with Crippen LogP contribution in [0.15, 0.2) is 72.8 Å². The van der Waals surface area contributed by atoms with Crippen molar-refractivity contribution < 1.29 is 9.95 Å². The normalized spacial score (nSPS) is 11.0. The van der Waals surface area contributed by atoms with Gasteiger partial charge in [0.05, 0.1) is 5.52 Å². The molecule has 0 aliphatic heterocycles. The summed E-state index contributed by atoms with van der Waals surface area (Å²) >= 11 is 0. The Labute approximate surface area is 162 Å². The van der Waals surface area contributed by atoms with Crippen molar-refractivity contribution in [2.75, 3.05) is 0 Å². The predicted molar refractivity (Wildman–Crippen MR) is 110 cm³/mol. The van der Waals surface area contributed by atoms with Crippen LogP contribution in [0.4, 0.5) is 5.69 Å². The van der Waals surface area contributed by atoms with Gasteiger partial charge in [0.1, 0.15) is 12.2 Å². The van der Waals surface area contributed by atoms with Gasteiger partial charge in [-0.1, -0.05) is 54.6 Å². The standard InChI is InChI=1S/C22H20N4O2/c1-25(27)19-11-12-20-21(13-19)26(28)22(24-20)18-9-7-17(8-10-18)15-23-14-16-5-3-2-4-6-16/h2-13,23,28H,1,14-15H2. The van der Waals surface area contributed by atoms with E-state index in [1.807, 2.05) is 42.5 Å². The number of rotatable bonds is 6. The number of nitrogens with zero attached hydrogens (tertiary/aromatic N) is 3. The third kappa shape index (κ3) is 3.58. The molecule has 140 valence electrons. The maximum atomic E-state index is 11.4. The van der Waals surface area contributed by atoms with Crippen molar-refractivity contribution >= 4 is 23.4 Å². The van der Waals surface area contributed by atoms with Gasteiger partial charge in [-0.25, -0.2) is 4.98 Å². The van der Waals surface area contributed by atoms with Crippen LogP contribution in [0.5, 0.6) is 0 Å². The fourth-order valence-electron chi connectivity index (χ4n) is 3.11. The summed E-state index contributed by atoms with van der Waals surface area (Å²) in [6.45, 7) is 4.88. The second-order valence-electron chi connectivity index (χ2n) is 6.58. The van der Waals surface area contributed by atoms with Crippen LogP contribution in [-0.4, -0.2) is 26.4 Å². The van der Waals surface area contributed by atoms with Gasteiger partial charge in [-0.15, -0.1) is 0 Å². The van der Waals surface area contributed by atoms with Gasteiger partial charge in [0, 0.05) is 30.8 Å². The molecular weight excluding hydrogens is 352 g/mol. The summed E-state index contributed by atoms with van der Waals surface area (Å²) in [7, 11) is 0. The first-order valence-electron chi connectivity index (χ1n) is 8.95. The van der Waals surface area contributed by atoms with Crippen LogP contribution in [0.25, 0.3) is 22.4 Å². The summed E-state index contributed by atoms with van der Waals surface area (Å²) < 4.78 is 1.51. The quantitative estimate of drug-likeness (QED) is 0.176. The first-order chi connectivity index (χ1) is 13.6. The number of hydrogen-bond acceptors (Lipinski definition) is 4. The Morgan fingerprint density at radius 2 is 1.64 bits per heavy atom. The molecule has 1 heterocycles. The van der Waals surface area contributed by atoms with Crippen LogP contribution < -0.4 is 5.32 Å². The van der Waals surface area contributed by atoms with Crippen LogP contribution in [-0.2, 0) is 13.1 Å². The number of aromatic nitrogens is 2. The fraction of sp³-hybridized carbons (Fsp3) is 0.0909. The smallest absolute Gasteiger partial charge is 0.218 e. The van der Waals surface area contributed by atoms with Crippen molar-refractivity contribution in [3.63, 3.8) is 0 Å². The number of fused-ring (bicyclic) bond motifs is 1. The summed E-state index contributed by atoms with van der Waals surface area (Å²) in [5.74, 6) is 0.428. The van der Waals surface area contributed by atoms with Gasteiger partial charge in [-0.3, -0.25) is 0 Å². The molecule has 1 aromatic heterocycles. The van der Waals surface area contributed by atoms with Gasteiger partial charge in [0.15, 0.2) is 5.82 Å². The molecule has 0 fully saturated rings. The molecule has 0 spiro atoms. The summed E-state index contributed by atoms with van der Waals surface area (Å²) in [5, 5.41) is 25.3. The van der Waals surface area contributed by atoms with Crippen molar-refractivity contribution in [3.8, 4) is 11.4 Å². The highest BCUT2D eigenvalue weighted by Gasteiger charge is 2.14. The Kier molecular flexibility index (Phi) is 4.78. The fourth-order valence-corrected chi connectivity index (χ4v) is 3.11. The molecule has 0 saturated heterocycles. The number of benzene rings is 3. The molecule has 4 aromatic rings. The molecule has 0 unspecified atom stereocenters. The van der Waals surface area contributed by atoms with E-state index in [9.17, 15) is 10.4 Å². The van der Waals surface area contributed by atoms with E-state index in [0.29, 0.717) is 27.3 Å². The van der Waals surface area contributed by atoms with Crippen molar-refractivity contribution in [2.45, 2.75) is 13.1 Å². The number of imidazole rings is 1. The molecule has 4 rings (SSSR count). The van der Waals surface area contributed by atoms with Crippen LogP contribution in [0.2, 0.25) is 0 Å². The maximum absolute atomic E-state index is 11.4. The molecule has 0 radical (unpaired) electrons. The SMILES string of the molecule is C=[N+]([O-])c1ccc2nc(-c3ccc(CNCc4ccccc4)cc3)n(O)c2c1. The highest BCUT2D eigenvalue weighted by atomic mass is 16.5. The van der Waals surface area contributed by atoms with Crippen molar-refractivity contribution in [1.82, 2.24) is 15.0 Å². The molecule has 3 aromatic carbocycles. The van der Waals surface area contributed by atoms with Crippen molar-refractivity contribution in [3.05, 3.63) is 89.1 Å². The summed E-state index contributed by atoms with van der Waals surface area (Å²) in [5.41, 5.74) is 4.60. The van der Waals surface area contributed by atoms with Crippen LogP contribution in [0, 0.1) is 5.21 Å². The lowest BCUT2D eigenvalue weighted by Crippen LogP contribution is -2.12. The molecule has 0 atom stereocenters. The lowest BCUT2D eigenvalue weighted by molar-refractivity contribution is -0.349. The van der Waals surface area contributed by atoms with E-state index in [1.54, 1.807) is 18.2 Å². The minimum Gasteiger partial charge on any atom is -0.619 e. The summed E-state index contributed by atoms with van der Waals surface area (Å²) in [4.78, 5) is 4.47. The summed E-state index contributed by atoms with van der Waals surface area (Å²) in [6.07, 6.45) is 0. The zero-order valence-corrected chi connectivity index (χ0v) is 15.2. The molecule has 6 heteroatoms. The van der Waals surface area contributed by atoms with Crippen molar-refractivity contribution in [1.29, 1.82) is 0 Å². The third-order valence-electron chi connectivity index (χ3n) is 4.62. The van der Waals surface area contributed by atoms with Gasteiger partial charge < -0.3 is 15.7 Å². The lowest BCUT2D eigenvalue weighted by Gasteiger charge is -2.06. The van der Waals surface area contributed by atoms with E-state index < -0.39 is 0 Å². The molecule has 0 amide bonds. The Hall–Kier alpha value is -3.64. The topological polar surface area (TPSA) is 76.2 Å². The zero-order valence-electron chi connectivity index (χ0n) is 15.2. The van der Waals surface area contributed by atoms with Gasteiger partial charge in [-0.2, -0.15) is 9.47 Å². The largest absolute Gasteiger partial charge is 0.619 e. The number of hydrogen-bond donors (Lipinski definition) is 2.